The Morgan fingerprint density at radius 3 is 0.926 bits per heavy atom. The van der Waals surface area contributed by atoms with Gasteiger partial charge in [0.05, 0.1) is 28.5 Å². The number of alkyl halides is 3. The summed E-state index contributed by atoms with van der Waals surface area (Å²) in [5.74, 6) is -58.1. The highest BCUT2D eigenvalue weighted by Crippen LogP contribution is 2.49. The van der Waals surface area contributed by atoms with E-state index < -0.39 is 274 Å². The molecule has 5 atom stereocenters. The van der Waals surface area contributed by atoms with Gasteiger partial charge in [-0.1, -0.05) is 99.6 Å². The largest absolute Gasteiger partial charge is 0.484 e. The van der Waals surface area contributed by atoms with E-state index in [4.69, 9.17) is 18.9 Å². The zero-order valence-corrected chi connectivity index (χ0v) is 54.8. The summed E-state index contributed by atoms with van der Waals surface area (Å²) < 4.78 is 336. The third-order valence-electron chi connectivity index (χ3n) is 13.4. The van der Waals surface area contributed by atoms with Crippen molar-refractivity contribution in [2.75, 3.05) is 39.6 Å². The summed E-state index contributed by atoms with van der Waals surface area (Å²) in [5, 5.41) is 0. The highest BCUT2D eigenvalue weighted by Gasteiger charge is 2.42. The number of benzene rings is 5. The lowest BCUT2D eigenvalue weighted by atomic mass is 9.75. The number of halogens is 25. The first-order valence-corrected chi connectivity index (χ1v) is 29.3. The Balaban J connectivity index is 0.000000557. The molecule has 0 amide bonds. The van der Waals surface area contributed by atoms with Crippen molar-refractivity contribution in [2.45, 2.75) is 86.6 Å². The molecule has 0 spiro atoms. The molecule has 5 aromatic carbocycles. The molecule has 5 unspecified atom stereocenters. The molecule has 5 rings (SSSR count). The molecule has 0 aliphatic heterocycles. The SMILES string of the molecule is C=Cc1c(F)c(F)c(F)c(F)c1F.C=Cc1c(F)c(F)c(OCCOC(=O)C(C)Br)c(F)c1F.C=Cc1c(F)c(F)c(OCCOC(=O)C(C)CC(CC(c2c(F)c(F)c(OCCOC(=O)C(C)C(C)(C)Br)c(F)c2F)C(C)(C)Br)c2c(F)c(F)c(F)c(F)c2F)c(F)c1F. The first-order valence-electron chi connectivity index (χ1n) is 26.8. The van der Waals surface area contributed by atoms with Gasteiger partial charge in [0.25, 0.3) is 0 Å². The van der Waals surface area contributed by atoms with Crippen LogP contribution in [0.25, 0.3) is 18.2 Å². The summed E-state index contributed by atoms with van der Waals surface area (Å²) in [5.41, 5.74) is -6.06. The van der Waals surface area contributed by atoms with Crippen LogP contribution in [0.2, 0.25) is 0 Å². The number of hydrogen-bond acceptors (Lipinski definition) is 9. The summed E-state index contributed by atoms with van der Waals surface area (Å²) in [4.78, 5) is 35.8. The molecule has 0 fully saturated rings. The van der Waals surface area contributed by atoms with Crippen molar-refractivity contribution in [3.05, 3.63) is 176 Å². The van der Waals surface area contributed by atoms with E-state index in [1.165, 1.54) is 27.7 Å². The summed E-state index contributed by atoms with van der Waals surface area (Å²) in [7, 11) is 0. The quantitative estimate of drug-likeness (QED) is 0.0102. The normalized spacial score (nSPS) is 13.0. The third kappa shape index (κ3) is 19.4. The molecule has 0 aliphatic carbocycles. The summed E-state index contributed by atoms with van der Waals surface area (Å²) in [6.07, 6.45) is -0.313. The van der Waals surface area contributed by atoms with Gasteiger partial charge in [0.15, 0.2) is 98.7 Å². The molecule has 0 bridgehead atoms. The first kappa shape index (κ1) is 82.3. The van der Waals surface area contributed by atoms with Crippen LogP contribution in [0.4, 0.5) is 96.6 Å². The van der Waals surface area contributed by atoms with Crippen molar-refractivity contribution >= 4 is 83.9 Å². The second-order valence-corrected chi connectivity index (χ2v) is 26.2. The Morgan fingerprint density at radius 2 is 0.632 bits per heavy atom. The molecule has 524 valence electrons. The second kappa shape index (κ2) is 34.8. The van der Waals surface area contributed by atoms with Crippen LogP contribution in [0.5, 0.6) is 17.2 Å². The molecular formula is C61H51Br3F22O9. The van der Waals surface area contributed by atoms with Gasteiger partial charge in [0, 0.05) is 25.7 Å². The summed E-state index contributed by atoms with van der Waals surface area (Å²) in [6.45, 7) is 14.7. The number of carbonyl (C=O) groups is 3. The Morgan fingerprint density at radius 1 is 0.368 bits per heavy atom. The highest BCUT2D eigenvalue weighted by molar-refractivity contribution is 9.10. The van der Waals surface area contributed by atoms with Crippen LogP contribution >= 0.6 is 47.8 Å². The van der Waals surface area contributed by atoms with E-state index >= 15 is 26.3 Å². The Labute approximate surface area is 551 Å². The van der Waals surface area contributed by atoms with Crippen molar-refractivity contribution in [3.63, 3.8) is 0 Å². The fraction of sp³-hybridized carbons (Fsp3) is 0.361. The monoisotopic (exact) mass is 1580 g/mol. The van der Waals surface area contributed by atoms with Crippen LogP contribution < -0.4 is 14.2 Å². The predicted octanol–water partition coefficient (Wildman–Crippen LogP) is 18.6. The Kier molecular flexibility index (Phi) is 30.1. The molecule has 95 heavy (non-hydrogen) atoms. The Bertz CT molecular complexity index is 3560. The number of carbonyl (C=O) groups excluding carboxylic acids is 3. The van der Waals surface area contributed by atoms with Crippen molar-refractivity contribution < 1.29 is 139 Å². The lowest BCUT2D eigenvalue weighted by Gasteiger charge is -2.34. The maximum atomic E-state index is 15.9. The molecular weight excluding hydrogens is 1530 g/mol. The smallest absolute Gasteiger partial charge is 0.319 e. The van der Waals surface area contributed by atoms with Crippen molar-refractivity contribution in [1.82, 2.24) is 0 Å². The van der Waals surface area contributed by atoms with Gasteiger partial charge < -0.3 is 28.4 Å². The van der Waals surface area contributed by atoms with Gasteiger partial charge in [-0.15, -0.1) is 0 Å². The van der Waals surface area contributed by atoms with Gasteiger partial charge in [-0.05, 0) is 53.4 Å². The van der Waals surface area contributed by atoms with Crippen molar-refractivity contribution in [3.8, 4) is 17.2 Å². The predicted molar refractivity (Wildman–Crippen MR) is 308 cm³/mol. The van der Waals surface area contributed by atoms with Gasteiger partial charge in [-0.3, -0.25) is 14.4 Å². The molecule has 0 N–H and O–H groups in total. The van der Waals surface area contributed by atoms with E-state index in [9.17, 15) is 84.6 Å². The number of hydrogen-bond donors (Lipinski definition) is 0. The number of ether oxygens (including phenoxy) is 6. The topological polar surface area (TPSA) is 107 Å². The summed E-state index contributed by atoms with van der Waals surface area (Å²) >= 11 is 9.33. The molecule has 34 heteroatoms. The van der Waals surface area contributed by atoms with E-state index in [1.54, 1.807) is 13.8 Å². The fourth-order valence-electron chi connectivity index (χ4n) is 8.11. The standard InChI is InChI=1S/C40H37Br2F13O6.C13H11BrF4O3.C8H3F5/c1-8-18-22(43)31(52)35(32(53)23(18)44)58-9-11-60-37(56)15(2)13-17(20-24(45)28(49)30(51)29(50)25(20)46)14-19(40(6,7)42)21-26(47)33(54)36(34(55)27(21)48)59-10-12-61-38(57)16(3)39(4,5)41;1-3-7-8(15)10(17)12(11(18)9(7)16)20-4-5-21-13(19)6(2)14;1-2-3-4(9)6(11)8(13)7(12)5(3)10/h8,15-17,19H,1,9-14H2,2-7H3;3,6H,1,4-5H2,2H3;2H,1H2. The van der Waals surface area contributed by atoms with Crippen LogP contribution in [0, 0.1) is 140 Å². The summed E-state index contributed by atoms with van der Waals surface area (Å²) in [6, 6.07) is 0. The zero-order chi connectivity index (χ0) is 73.0. The molecule has 0 saturated carbocycles. The highest BCUT2D eigenvalue weighted by atomic mass is 79.9. The van der Waals surface area contributed by atoms with Crippen molar-refractivity contribution in [2.24, 2.45) is 11.8 Å². The van der Waals surface area contributed by atoms with Crippen LogP contribution in [0.1, 0.15) is 101 Å². The number of rotatable bonds is 26. The fourth-order valence-corrected chi connectivity index (χ4v) is 8.85. The van der Waals surface area contributed by atoms with Crippen LogP contribution in [0.3, 0.4) is 0 Å². The minimum Gasteiger partial charge on any atom is -0.484 e. The second-order valence-electron chi connectivity index (χ2n) is 20.7. The van der Waals surface area contributed by atoms with E-state index in [1.807, 2.05) is 0 Å². The van der Waals surface area contributed by atoms with Crippen LogP contribution in [-0.4, -0.2) is 71.0 Å². The average Bonchev–Trinajstić information content (AvgIpc) is 0.769. The Hall–Kier alpha value is -6.97. The molecule has 0 aromatic heterocycles. The molecule has 0 saturated heterocycles. The molecule has 9 nitrogen and oxygen atoms in total. The number of esters is 3. The average molecular weight is 1590 g/mol. The van der Waals surface area contributed by atoms with Gasteiger partial charge in [0.2, 0.25) is 46.5 Å². The van der Waals surface area contributed by atoms with Gasteiger partial charge in [-0.25, -0.2) is 70.2 Å². The van der Waals surface area contributed by atoms with Crippen LogP contribution in [0.15, 0.2) is 19.7 Å². The molecule has 0 heterocycles. The minimum atomic E-state index is -2.58. The molecule has 0 radical (unpaired) electrons. The zero-order valence-electron chi connectivity index (χ0n) is 50.0. The lowest BCUT2D eigenvalue weighted by Crippen LogP contribution is -2.31. The van der Waals surface area contributed by atoms with E-state index in [-0.39, 0.29) is 6.61 Å². The maximum Gasteiger partial charge on any atom is 0.319 e. The van der Waals surface area contributed by atoms with E-state index in [0.717, 1.165) is 6.92 Å². The first-order chi connectivity index (χ1) is 43.9. The van der Waals surface area contributed by atoms with Gasteiger partial charge in [0.1, 0.15) is 44.5 Å². The maximum absolute atomic E-state index is 15.9. The molecule has 5 aromatic rings. The minimum absolute atomic E-state index is 0.333. The van der Waals surface area contributed by atoms with Crippen LogP contribution in [-0.2, 0) is 28.6 Å². The van der Waals surface area contributed by atoms with Crippen molar-refractivity contribution in [1.29, 1.82) is 0 Å². The third-order valence-corrected chi connectivity index (χ3v) is 15.1. The van der Waals surface area contributed by atoms with Gasteiger partial charge >= 0.3 is 17.9 Å². The lowest BCUT2D eigenvalue weighted by molar-refractivity contribution is -0.150. The van der Waals surface area contributed by atoms with E-state index in [2.05, 4.69) is 77.0 Å². The van der Waals surface area contributed by atoms with E-state index in [0.29, 0.717) is 18.2 Å². The van der Waals surface area contributed by atoms with Gasteiger partial charge in [-0.2, -0.15) is 26.3 Å². The molecule has 0 aliphatic rings.